The van der Waals surface area contributed by atoms with Gasteiger partial charge >= 0.3 is 0 Å². The van der Waals surface area contributed by atoms with Gasteiger partial charge in [-0.2, -0.15) is 0 Å². The van der Waals surface area contributed by atoms with E-state index in [1.807, 2.05) is 26.0 Å². The quantitative estimate of drug-likeness (QED) is 0.895. The van der Waals surface area contributed by atoms with Crippen LogP contribution in [0.1, 0.15) is 47.2 Å². The zero-order chi connectivity index (χ0) is 16.3. The highest BCUT2D eigenvalue weighted by Crippen LogP contribution is 2.19. The summed E-state index contributed by atoms with van der Waals surface area (Å²) in [6.45, 7) is 8.68. The molecular formula is C18H23FN2O. The fourth-order valence-electron chi connectivity index (χ4n) is 2.91. The van der Waals surface area contributed by atoms with E-state index in [2.05, 4.69) is 23.7 Å². The summed E-state index contributed by atoms with van der Waals surface area (Å²) in [5.41, 5.74) is 3.66. The first-order chi connectivity index (χ1) is 10.4. The largest absolute Gasteiger partial charge is 0.352 e. The van der Waals surface area contributed by atoms with E-state index in [0.29, 0.717) is 24.6 Å². The van der Waals surface area contributed by atoms with Crippen molar-refractivity contribution in [1.82, 2.24) is 9.88 Å². The Bertz CT molecular complexity index is 674. The van der Waals surface area contributed by atoms with E-state index in [4.69, 9.17) is 0 Å². The van der Waals surface area contributed by atoms with Crippen LogP contribution in [0.25, 0.3) is 0 Å². The van der Waals surface area contributed by atoms with E-state index in [-0.39, 0.29) is 11.7 Å². The van der Waals surface area contributed by atoms with Gasteiger partial charge in [0.15, 0.2) is 0 Å². The number of benzene rings is 1. The molecule has 0 saturated carbocycles. The number of rotatable bonds is 5. The van der Waals surface area contributed by atoms with E-state index in [0.717, 1.165) is 17.0 Å². The van der Waals surface area contributed by atoms with Gasteiger partial charge in [0, 0.05) is 24.0 Å². The van der Waals surface area contributed by atoms with Crippen LogP contribution in [0.4, 0.5) is 4.39 Å². The minimum Gasteiger partial charge on any atom is -0.352 e. The molecule has 0 atom stereocenters. The molecule has 3 nitrogen and oxygen atoms in total. The Kier molecular flexibility index (Phi) is 5.01. The van der Waals surface area contributed by atoms with Gasteiger partial charge in [-0.3, -0.25) is 4.79 Å². The van der Waals surface area contributed by atoms with Crippen molar-refractivity contribution in [2.24, 2.45) is 0 Å². The van der Waals surface area contributed by atoms with Crippen LogP contribution in [0.3, 0.4) is 0 Å². The fraction of sp³-hybridized carbons (Fsp3) is 0.389. The predicted molar refractivity (Wildman–Crippen MR) is 86.7 cm³/mol. The summed E-state index contributed by atoms with van der Waals surface area (Å²) >= 11 is 0. The average Bonchev–Trinajstić information content (AvgIpc) is 2.74. The molecule has 118 valence electrons. The number of carbonyl (C=O) groups excluding carboxylic acids is 1. The van der Waals surface area contributed by atoms with Crippen molar-refractivity contribution >= 4 is 5.91 Å². The summed E-state index contributed by atoms with van der Waals surface area (Å²) < 4.78 is 15.3. The molecule has 0 fully saturated rings. The second-order valence-corrected chi connectivity index (χ2v) is 5.88. The van der Waals surface area contributed by atoms with Crippen LogP contribution in [0.5, 0.6) is 0 Å². The standard InChI is InChI=1S/C18H23FN2O/c1-12(2)21-13(3)10-17(14(21)4)18(22)20-9-8-15-6-5-7-16(19)11-15/h5-7,10-12H,8-9H2,1-4H3,(H,20,22). The van der Waals surface area contributed by atoms with E-state index in [1.165, 1.54) is 12.1 Å². The molecule has 0 radical (unpaired) electrons. The third-order valence-corrected chi connectivity index (χ3v) is 3.83. The highest BCUT2D eigenvalue weighted by atomic mass is 19.1. The SMILES string of the molecule is Cc1cc(C(=O)NCCc2cccc(F)c2)c(C)n1C(C)C. The van der Waals surface area contributed by atoms with Crippen molar-refractivity contribution < 1.29 is 9.18 Å². The van der Waals surface area contributed by atoms with Gasteiger partial charge in [-0.25, -0.2) is 4.39 Å². The predicted octanol–water partition coefficient (Wildman–Crippen LogP) is 3.80. The van der Waals surface area contributed by atoms with E-state index in [1.54, 1.807) is 6.07 Å². The molecule has 0 saturated heterocycles. The molecule has 0 aliphatic rings. The zero-order valence-electron chi connectivity index (χ0n) is 13.6. The third-order valence-electron chi connectivity index (χ3n) is 3.83. The Morgan fingerprint density at radius 2 is 2.00 bits per heavy atom. The highest BCUT2D eigenvalue weighted by molar-refractivity contribution is 5.95. The topological polar surface area (TPSA) is 34.0 Å². The van der Waals surface area contributed by atoms with Gasteiger partial charge < -0.3 is 9.88 Å². The first-order valence-corrected chi connectivity index (χ1v) is 7.61. The molecular weight excluding hydrogens is 279 g/mol. The monoisotopic (exact) mass is 302 g/mol. The Morgan fingerprint density at radius 1 is 1.27 bits per heavy atom. The van der Waals surface area contributed by atoms with Gasteiger partial charge in [0.1, 0.15) is 5.82 Å². The molecule has 4 heteroatoms. The molecule has 0 aliphatic carbocycles. The number of aromatic nitrogens is 1. The second kappa shape index (κ2) is 6.77. The van der Waals surface area contributed by atoms with Crippen molar-refractivity contribution in [3.05, 3.63) is 58.7 Å². The molecule has 0 spiro atoms. The van der Waals surface area contributed by atoms with Crippen LogP contribution in [0.15, 0.2) is 30.3 Å². The molecule has 1 heterocycles. The maximum absolute atomic E-state index is 13.1. The van der Waals surface area contributed by atoms with Crippen LogP contribution >= 0.6 is 0 Å². The molecule has 1 amide bonds. The molecule has 0 unspecified atom stereocenters. The van der Waals surface area contributed by atoms with Gasteiger partial charge in [0.25, 0.3) is 5.91 Å². The fourth-order valence-corrected chi connectivity index (χ4v) is 2.91. The smallest absolute Gasteiger partial charge is 0.253 e. The normalized spacial score (nSPS) is 11.0. The number of nitrogens with zero attached hydrogens (tertiary/aromatic N) is 1. The Hall–Kier alpha value is -2.10. The minimum absolute atomic E-state index is 0.0728. The van der Waals surface area contributed by atoms with Gasteiger partial charge in [0.2, 0.25) is 0 Å². The van der Waals surface area contributed by atoms with Crippen molar-refractivity contribution in [3.63, 3.8) is 0 Å². The molecule has 0 aliphatic heterocycles. The molecule has 1 aromatic carbocycles. The molecule has 1 N–H and O–H groups in total. The van der Waals surface area contributed by atoms with Crippen molar-refractivity contribution in [3.8, 4) is 0 Å². The lowest BCUT2D eigenvalue weighted by atomic mass is 10.1. The minimum atomic E-state index is -0.246. The number of aryl methyl sites for hydroxylation is 1. The van der Waals surface area contributed by atoms with Crippen LogP contribution in [-0.2, 0) is 6.42 Å². The van der Waals surface area contributed by atoms with Gasteiger partial charge in [-0.15, -0.1) is 0 Å². The van der Waals surface area contributed by atoms with E-state index in [9.17, 15) is 9.18 Å². The molecule has 1 aromatic heterocycles. The molecule has 2 rings (SSSR count). The lowest BCUT2D eigenvalue weighted by molar-refractivity contribution is 0.0953. The summed E-state index contributed by atoms with van der Waals surface area (Å²) in [7, 11) is 0. The van der Waals surface area contributed by atoms with Gasteiger partial charge in [0.05, 0.1) is 5.56 Å². The number of amides is 1. The first-order valence-electron chi connectivity index (χ1n) is 7.61. The number of halogens is 1. The summed E-state index contributed by atoms with van der Waals surface area (Å²) in [5, 5.41) is 2.91. The lowest BCUT2D eigenvalue weighted by Gasteiger charge is -2.13. The van der Waals surface area contributed by atoms with Crippen molar-refractivity contribution in [2.75, 3.05) is 6.54 Å². The molecule has 2 aromatic rings. The lowest BCUT2D eigenvalue weighted by Crippen LogP contribution is -2.26. The Morgan fingerprint density at radius 3 is 2.59 bits per heavy atom. The van der Waals surface area contributed by atoms with Crippen LogP contribution in [-0.4, -0.2) is 17.0 Å². The summed E-state index contributed by atoms with van der Waals surface area (Å²) in [6, 6.07) is 8.71. The Labute approximate surface area is 131 Å². The van der Waals surface area contributed by atoms with Crippen LogP contribution in [0.2, 0.25) is 0 Å². The Balaban J connectivity index is 2.00. The third kappa shape index (κ3) is 3.56. The zero-order valence-corrected chi connectivity index (χ0v) is 13.6. The van der Waals surface area contributed by atoms with Crippen LogP contribution in [0, 0.1) is 19.7 Å². The summed E-state index contributed by atoms with van der Waals surface area (Å²) in [4.78, 5) is 12.3. The van der Waals surface area contributed by atoms with Gasteiger partial charge in [-0.05, 0) is 57.9 Å². The molecule has 22 heavy (non-hydrogen) atoms. The molecule has 0 bridgehead atoms. The van der Waals surface area contributed by atoms with E-state index < -0.39 is 0 Å². The number of carbonyl (C=O) groups is 1. The van der Waals surface area contributed by atoms with Crippen molar-refractivity contribution in [1.29, 1.82) is 0 Å². The number of nitrogens with one attached hydrogen (secondary N) is 1. The van der Waals surface area contributed by atoms with Crippen LogP contribution < -0.4 is 5.32 Å². The summed E-state index contributed by atoms with van der Waals surface area (Å²) in [6.07, 6.45) is 0.617. The number of hydrogen-bond donors (Lipinski definition) is 1. The maximum atomic E-state index is 13.1. The van der Waals surface area contributed by atoms with Crippen molar-refractivity contribution in [2.45, 2.75) is 40.2 Å². The summed E-state index contributed by atoms with van der Waals surface area (Å²) in [5.74, 6) is -0.319. The number of hydrogen-bond acceptors (Lipinski definition) is 1. The average molecular weight is 302 g/mol. The van der Waals surface area contributed by atoms with Gasteiger partial charge in [-0.1, -0.05) is 12.1 Å². The van der Waals surface area contributed by atoms with E-state index >= 15 is 0 Å². The highest BCUT2D eigenvalue weighted by Gasteiger charge is 2.16. The maximum Gasteiger partial charge on any atom is 0.253 e. The second-order valence-electron chi connectivity index (χ2n) is 5.88. The first kappa shape index (κ1) is 16.3.